The number of rotatable bonds is 5. The molecule has 0 fully saturated rings. The number of aromatic nitrogens is 2. The molecule has 2 aromatic rings. The summed E-state index contributed by atoms with van der Waals surface area (Å²) in [6.45, 7) is 1.30. The van der Waals surface area contributed by atoms with Crippen molar-refractivity contribution in [2.75, 3.05) is 11.9 Å². The summed E-state index contributed by atoms with van der Waals surface area (Å²) in [4.78, 5) is 37.6. The Morgan fingerprint density at radius 1 is 1.12 bits per heavy atom. The van der Waals surface area contributed by atoms with Crippen LogP contribution in [0.25, 0.3) is 0 Å². The average Bonchev–Trinajstić information content (AvgIpc) is 2.63. The van der Waals surface area contributed by atoms with Crippen molar-refractivity contribution in [3.05, 3.63) is 62.9 Å². The molecular weight excluding hydrogens is 358 g/mol. The molecule has 1 aromatic carbocycles. The number of hydrogen-bond donors (Lipinski definition) is 0. The lowest BCUT2D eigenvalue weighted by molar-refractivity contribution is -0.117. The predicted octanol–water partition coefficient (Wildman–Crippen LogP) is 0.0503. The lowest BCUT2D eigenvalue weighted by Gasteiger charge is -2.22. The minimum atomic E-state index is -3.93. The molecule has 0 aliphatic heterocycles. The van der Waals surface area contributed by atoms with E-state index in [1.165, 1.54) is 33.0 Å². The van der Waals surface area contributed by atoms with E-state index in [1.807, 2.05) is 0 Å². The van der Waals surface area contributed by atoms with Crippen molar-refractivity contribution >= 4 is 21.4 Å². The maximum atomic E-state index is 12.7. The van der Waals surface area contributed by atoms with Gasteiger partial charge in [-0.15, -0.1) is 0 Å². The quantitative estimate of drug-likeness (QED) is 0.731. The molecule has 1 heterocycles. The second kappa shape index (κ2) is 7.28. The van der Waals surface area contributed by atoms with Crippen LogP contribution < -0.4 is 16.1 Å². The Morgan fingerprint density at radius 3 is 2.27 bits per heavy atom. The summed E-state index contributed by atoms with van der Waals surface area (Å²) in [5, 5.41) is -1.33. The van der Waals surface area contributed by atoms with Gasteiger partial charge in [-0.25, -0.2) is 13.2 Å². The van der Waals surface area contributed by atoms with E-state index in [4.69, 9.17) is 0 Å². The zero-order chi connectivity index (χ0) is 19.6. The van der Waals surface area contributed by atoms with E-state index in [2.05, 4.69) is 0 Å². The van der Waals surface area contributed by atoms with Gasteiger partial charge >= 0.3 is 5.69 Å². The van der Waals surface area contributed by atoms with Crippen molar-refractivity contribution in [2.24, 2.45) is 14.1 Å². The molecule has 1 aromatic heterocycles. The van der Waals surface area contributed by atoms with Crippen LogP contribution >= 0.6 is 0 Å². The third-order valence-electron chi connectivity index (χ3n) is 4.33. The van der Waals surface area contributed by atoms with Crippen LogP contribution in [0.15, 0.2) is 46.0 Å². The van der Waals surface area contributed by atoms with E-state index in [0.29, 0.717) is 5.69 Å². The predicted molar refractivity (Wildman–Crippen MR) is 98.9 cm³/mol. The molecule has 0 aliphatic carbocycles. The Balaban J connectivity index is 2.32. The summed E-state index contributed by atoms with van der Waals surface area (Å²) < 4.78 is 27.3. The van der Waals surface area contributed by atoms with Gasteiger partial charge in [-0.2, -0.15) is 0 Å². The molecule has 0 saturated carbocycles. The maximum Gasteiger partial charge on any atom is 0.330 e. The van der Waals surface area contributed by atoms with Crippen molar-refractivity contribution in [2.45, 2.75) is 17.9 Å². The van der Waals surface area contributed by atoms with Crippen molar-refractivity contribution < 1.29 is 13.2 Å². The summed E-state index contributed by atoms with van der Waals surface area (Å²) in [6, 6.07) is 9.76. The monoisotopic (exact) mass is 379 g/mol. The molecule has 2 rings (SSSR count). The molecule has 1 unspecified atom stereocenters. The Kier molecular flexibility index (Phi) is 5.50. The van der Waals surface area contributed by atoms with E-state index >= 15 is 0 Å². The van der Waals surface area contributed by atoms with Gasteiger partial charge in [0.1, 0.15) is 5.25 Å². The van der Waals surface area contributed by atoms with E-state index in [1.54, 1.807) is 30.3 Å². The molecule has 9 heteroatoms. The zero-order valence-corrected chi connectivity index (χ0v) is 15.9. The molecule has 140 valence electrons. The first kappa shape index (κ1) is 19.6. The molecule has 1 amide bonds. The highest BCUT2D eigenvalue weighted by molar-refractivity contribution is 7.92. The second-order valence-corrected chi connectivity index (χ2v) is 8.38. The van der Waals surface area contributed by atoms with E-state index in [9.17, 15) is 22.8 Å². The van der Waals surface area contributed by atoms with E-state index in [0.717, 1.165) is 15.2 Å². The molecule has 0 aliphatic rings. The largest absolute Gasteiger partial charge is 0.330 e. The third-order valence-corrected chi connectivity index (χ3v) is 6.31. The number of anilines is 1. The Morgan fingerprint density at radius 2 is 1.69 bits per heavy atom. The lowest BCUT2D eigenvalue weighted by atomic mass is 10.3. The smallest absolute Gasteiger partial charge is 0.314 e. The Labute approximate surface area is 151 Å². The SMILES string of the molecule is CC(C(=O)N(C)c1ccccc1)S(=O)(=O)Cc1cc(=O)n(C)c(=O)n1C. The first-order valence-corrected chi connectivity index (χ1v) is 9.58. The number of carbonyl (C=O) groups excluding carboxylic acids is 1. The summed E-state index contributed by atoms with van der Waals surface area (Å²) in [5.41, 5.74) is -0.609. The van der Waals surface area contributed by atoms with Gasteiger partial charge in [-0.05, 0) is 19.1 Å². The number of para-hydroxylation sites is 1. The van der Waals surface area contributed by atoms with Crippen LogP contribution in [0.4, 0.5) is 5.69 Å². The first-order chi connectivity index (χ1) is 12.1. The van der Waals surface area contributed by atoms with Gasteiger partial charge in [0.25, 0.3) is 5.56 Å². The van der Waals surface area contributed by atoms with Crippen LogP contribution in [0.5, 0.6) is 0 Å². The average molecular weight is 379 g/mol. The first-order valence-electron chi connectivity index (χ1n) is 7.86. The summed E-state index contributed by atoms with van der Waals surface area (Å²) in [5.74, 6) is -1.17. The molecule has 0 spiro atoms. The number of amides is 1. The minimum absolute atomic E-state index is 0.0418. The van der Waals surface area contributed by atoms with Gasteiger partial charge in [0, 0.05) is 38.6 Å². The lowest BCUT2D eigenvalue weighted by Crippen LogP contribution is -2.42. The van der Waals surface area contributed by atoms with Crippen LogP contribution in [0.1, 0.15) is 12.6 Å². The topological polar surface area (TPSA) is 98.5 Å². The van der Waals surface area contributed by atoms with Gasteiger partial charge in [0.2, 0.25) is 5.91 Å². The van der Waals surface area contributed by atoms with Gasteiger partial charge in [-0.3, -0.25) is 18.7 Å². The molecule has 26 heavy (non-hydrogen) atoms. The molecule has 0 bridgehead atoms. The second-order valence-electron chi connectivity index (χ2n) is 6.06. The molecule has 8 nitrogen and oxygen atoms in total. The van der Waals surface area contributed by atoms with Gasteiger partial charge in [-0.1, -0.05) is 18.2 Å². The molecule has 0 saturated heterocycles. The van der Waals surface area contributed by atoms with Crippen LogP contribution in [0.3, 0.4) is 0 Å². The standard InChI is InChI=1S/C17H21N3O5S/c1-12(16(22)18(2)13-8-6-5-7-9-13)26(24,25)11-14-10-15(21)20(4)17(23)19(14)3/h5-10,12H,11H2,1-4H3. The maximum absolute atomic E-state index is 12.7. The highest BCUT2D eigenvalue weighted by Gasteiger charge is 2.31. The number of hydrogen-bond acceptors (Lipinski definition) is 5. The fourth-order valence-electron chi connectivity index (χ4n) is 2.45. The van der Waals surface area contributed by atoms with E-state index < -0.39 is 38.0 Å². The van der Waals surface area contributed by atoms with Crippen LogP contribution in [-0.2, 0) is 34.5 Å². The zero-order valence-electron chi connectivity index (χ0n) is 15.0. The van der Waals surface area contributed by atoms with Gasteiger partial charge in [0.05, 0.1) is 5.75 Å². The highest BCUT2D eigenvalue weighted by Crippen LogP contribution is 2.17. The minimum Gasteiger partial charge on any atom is -0.314 e. The number of sulfone groups is 1. The Bertz CT molecular complexity index is 1040. The van der Waals surface area contributed by atoms with Crippen molar-refractivity contribution in [1.82, 2.24) is 9.13 Å². The van der Waals surface area contributed by atoms with Crippen molar-refractivity contribution in [3.63, 3.8) is 0 Å². The van der Waals surface area contributed by atoms with Crippen molar-refractivity contribution in [1.29, 1.82) is 0 Å². The normalized spacial score (nSPS) is 12.6. The van der Waals surface area contributed by atoms with Gasteiger partial charge < -0.3 is 4.90 Å². The van der Waals surface area contributed by atoms with Crippen LogP contribution in [0.2, 0.25) is 0 Å². The summed E-state index contributed by atoms with van der Waals surface area (Å²) in [7, 11) is 0.258. The summed E-state index contributed by atoms with van der Waals surface area (Å²) in [6.07, 6.45) is 0. The van der Waals surface area contributed by atoms with E-state index in [-0.39, 0.29) is 5.69 Å². The fraction of sp³-hybridized carbons (Fsp3) is 0.353. The molecule has 0 N–H and O–H groups in total. The summed E-state index contributed by atoms with van der Waals surface area (Å²) >= 11 is 0. The van der Waals surface area contributed by atoms with Gasteiger partial charge in [0.15, 0.2) is 9.84 Å². The van der Waals surface area contributed by atoms with Crippen molar-refractivity contribution in [3.8, 4) is 0 Å². The van der Waals surface area contributed by atoms with Crippen LogP contribution in [0, 0.1) is 0 Å². The fourth-order valence-corrected chi connectivity index (χ4v) is 3.86. The third kappa shape index (κ3) is 3.77. The highest BCUT2D eigenvalue weighted by atomic mass is 32.2. The molecule has 1 atom stereocenters. The molecule has 0 radical (unpaired) electrons. The molecular formula is C17H21N3O5S. The number of benzene rings is 1. The Hall–Kier alpha value is -2.68. The van der Waals surface area contributed by atoms with Crippen LogP contribution in [-0.4, -0.2) is 35.8 Å². The number of carbonyl (C=O) groups is 1. The number of nitrogens with zero attached hydrogens (tertiary/aromatic N) is 3.